The third-order valence-electron chi connectivity index (χ3n) is 3.87. The Morgan fingerprint density at radius 3 is 2.25 bits per heavy atom. The Morgan fingerprint density at radius 2 is 1.58 bits per heavy atom. The lowest BCUT2D eigenvalue weighted by Gasteiger charge is -2.31. The molecule has 0 radical (unpaired) electrons. The average Bonchev–Trinajstić information content (AvgIpc) is 2.60. The standard InChI is InChI=1S/C18H22N2S.C2H6.CH4/c1-14-7-8-17(15(2)13-14)21-18-6-4-3-5-16(18)20-11-9-19-10-12-20;1-2;/h3-8,13,19H,9-12H2,1-2H3;1-2H3;1H4. The maximum absolute atomic E-state index is 3.42. The van der Waals surface area contributed by atoms with E-state index >= 15 is 0 Å². The van der Waals surface area contributed by atoms with E-state index in [0.717, 1.165) is 26.2 Å². The highest BCUT2D eigenvalue weighted by atomic mass is 32.2. The fourth-order valence-electron chi connectivity index (χ4n) is 2.74. The van der Waals surface area contributed by atoms with Crippen LogP contribution >= 0.6 is 11.8 Å². The minimum absolute atomic E-state index is 0. The normalized spacial score (nSPS) is 13.6. The molecule has 0 aliphatic carbocycles. The Morgan fingerprint density at radius 1 is 0.917 bits per heavy atom. The lowest BCUT2D eigenvalue weighted by Crippen LogP contribution is -2.43. The number of para-hydroxylation sites is 1. The van der Waals surface area contributed by atoms with E-state index in [9.17, 15) is 0 Å². The van der Waals surface area contributed by atoms with E-state index < -0.39 is 0 Å². The van der Waals surface area contributed by atoms with Crippen LogP contribution in [-0.4, -0.2) is 26.2 Å². The molecule has 3 heteroatoms. The number of aryl methyl sites for hydroxylation is 2. The summed E-state index contributed by atoms with van der Waals surface area (Å²) in [6.45, 7) is 12.7. The van der Waals surface area contributed by atoms with Crippen LogP contribution in [0.3, 0.4) is 0 Å². The SMILES string of the molecule is C.CC.Cc1ccc(Sc2ccccc2N2CCNCC2)c(C)c1. The van der Waals surface area contributed by atoms with Gasteiger partial charge in [0.1, 0.15) is 0 Å². The van der Waals surface area contributed by atoms with Crippen LogP contribution < -0.4 is 10.2 Å². The highest BCUT2D eigenvalue weighted by Gasteiger charge is 2.14. The van der Waals surface area contributed by atoms with Crippen LogP contribution in [0, 0.1) is 13.8 Å². The molecule has 0 saturated carbocycles. The predicted octanol–water partition coefficient (Wildman–Crippen LogP) is 5.53. The van der Waals surface area contributed by atoms with Crippen molar-refractivity contribution in [2.24, 2.45) is 0 Å². The van der Waals surface area contributed by atoms with Crippen molar-refractivity contribution in [3.63, 3.8) is 0 Å². The number of nitrogens with zero attached hydrogens (tertiary/aromatic N) is 1. The Hall–Kier alpha value is -1.45. The van der Waals surface area contributed by atoms with Crippen LogP contribution in [0.5, 0.6) is 0 Å². The van der Waals surface area contributed by atoms with Gasteiger partial charge in [0.2, 0.25) is 0 Å². The first-order valence-corrected chi connectivity index (χ1v) is 9.35. The number of nitrogens with one attached hydrogen (secondary N) is 1. The van der Waals surface area contributed by atoms with Gasteiger partial charge in [-0.3, -0.25) is 0 Å². The van der Waals surface area contributed by atoms with Crippen LogP contribution in [-0.2, 0) is 0 Å². The molecule has 0 amide bonds. The van der Waals surface area contributed by atoms with Crippen LogP contribution in [0.15, 0.2) is 52.3 Å². The van der Waals surface area contributed by atoms with Crippen molar-refractivity contribution in [3.8, 4) is 0 Å². The number of benzene rings is 2. The van der Waals surface area contributed by atoms with Crippen molar-refractivity contribution < 1.29 is 0 Å². The van der Waals surface area contributed by atoms with Gasteiger partial charge < -0.3 is 10.2 Å². The van der Waals surface area contributed by atoms with E-state index in [1.807, 2.05) is 25.6 Å². The summed E-state index contributed by atoms with van der Waals surface area (Å²) >= 11 is 1.88. The lowest BCUT2D eigenvalue weighted by atomic mass is 10.2. The van der Waals surface area contributed by atoms with Gasteiger partial charge in [0.25, 0.3) is 0 Å². The number of hydrogen-bond donors (Lipinski definition) is 1. The molecular weight excluding hydrogens is 312 g/mol. The Bertz CT molecular complexity index is 619. The number of rotatable bonds is 3. The van der Waals surface area contributed by atoms with Gasteiger partial charge in [-0.25, -0.2) is 0 Å². The zero-order chi connectivity index (χ0) is 16.7. The Labute approximate surface area is 152 Å². The van der Waals surface area contributed by atoms with Gasteiger partial charge in [-0.2, -0.15) is 0 Å². The number of piperazine rings is 1. The number of hydrogen-bond acceptors (Lipinski definition) is 3. The topological polar surface area (TPSA) is 15.3 Å². The second-order valence-electron chi connectivity index (χ2n) is 5.58. The summed E-state index contributed by atoms with van der Waals surface area (Å²) in [5, 5.41) is 3.42. The van der Waals surface area contributed by atoms with E-state index in [1.165, 1.54) is 26.6 Å². The minimum atomic E-state index is 0. The van der Waals surface area contributed by atoms with Gasteiger partial charge in [0, 0.05) is 36.0 Å². The Kier molecular flexibility index (Phi) is 8.94. The summed E-state index contributed by atoms with van der Waals surface area (Å²) in [6.07, 6.45) is 0. The van der Waals surface area contributed by atoms with Crippen molar-refractivity contribution in [1.82, 2.24) is 5.32 Å². The molecule has 24 heavy (non-hydrogen) atoms. The van der Waals surface area contributed by atoms with Crippen LogP contribution in [0.1, 0.15) is 32.4 Å². The van der Waals surface area contributed by atoms with Gasteiger partial charge in [-0.1, -0.05) is 62.9 Å². The molecule has 1 aliphatic rings. The highest BCUT2D eigenvalue weighted by Crippen LogP contribution is 2.37. The maximum atomic E-state index is 3.42. The fourth-order valence-corrected chi connectivity index (χ4v) is 3.78. The van der Waals surface area contributed by atoms with E-state index in [0.29, 0.717) is 0 Å². The first kappa shape index (κ1) is 20.6. The third-order valence-corrected chi connectivity index (χ3v) is 5.12. The second-order valence-corrected chi connectivity index (χ2v) is 6.66. The smallest absolute Gasteiger partial charge is 0.0508 e. The molecule has 1 heterocycles. The van der Waals surface area contributed by atoms with E-state index in [2.05, 4.69) is 66.5 Å². The number of anilines is 1. The van der Waals surface area contributed by atoms with Gasteiger partial charge in [0.05, 0.1) is 5.69 Å². The molecule has 0 unspecified atom stereocenters. The first-order valence-electron chi connectivity index (χ1n) is 8.54. The molecule has 2 aromatic carbocycles. The van der Waals surface area contributed by atoms with Gasteiger partial charge in [-0.05, 0) is 37.6 Å². The average molecular weight is 345 g/mol. The molecular formula is C21H32N2S. The molecule has 0 atom stereocenters. The van der Waals surface area contributed by atoms with Gasteiger partial charge in [-0.15, -0.1) is 0 Å². The highest BCUT2D eigenvalue weighted by molar-refractivity contribution is 7.99. The molecule has 1 fully saturated rings. The molecule has 0 spiro atoms. The van der Waals surface area contributed by atoms with Crippen molar-refractivity contribution in [3.05, 3.63) is 53.6 Å². The van der Waals surface area contributed by atoms with Gasteiger partial charge in [0.15, 0.2) is 0 Å². The second kappa shape index (κ2) is 10.4. The zero-order valence-electron chi connectivity index (χ0n) is 14.7. The van der Waals surface area contributed by atoms with Crippen LogP contribution in [0.25, 0.3) is 0 Å². The molecule has 1 N–H and O–H groups in total. The van der Waals surface area contributed by atoms with Crippen molar-refractivity contribution >= 4 is 17.4 Å². The summed E-state index contributed by atoms with van der Waals surface area (Å²) in [7, 11) is 0. The molecule has 132 valence electrons. The van der Waals surface area contributed by atoms with Gasteiger partial charge >= 0.3 is 0 Å². The summed E-state index contributed by atoms with van der Waals surface area (Å²) in [5.74, 6) is 0. The zero-order valence-corrected chi connectivity index (χ0v) is 15.5. The molecule has 2 aromatic rings. The van der Waals surface area contributed by atoms with E-state index in [-0.39, 0.29) is 7.43 Å². The molecule has 1 aliphatic heterocycles. The summed E-state index contributed by atoms with van der Waals surface area (Å²) < 4.78 is 0. The monoisotopic (exact) mass is 344 g/mol. The maximum Gasteiger partial charge on any atom is 0.0508 e. The fraction of sp³-hybridized carbons (Fsp3) is 0.429. The molecule has 1 saturated heterocycles. The van der Waals surface area contributed by atoms with Crippen molar-refractivity contribution in [2.75, 3.05) is 31.1 Å². The molecule has 2 nitrogen and oxygen atoms in total. The quantitative estimate of drug-likeness (QED) is 0.788. The Balaban J connectivity index is 0.000000925. The van der Waals surface area contributed by atoms with E-state index in [1.54, 1.807) is 0 Å². The molecule has 0 bridgehead atoms. The van der Waals surface area contributed by atoms with Crippen molar-refractivity contribution in [2.45, 2.75) is 44.9 Å². The van der Waals surface area contributed by atoms with Crippen LogP contribution in [0.4, 0.5) is 5.69 Å². The van der Waals surface area contributed by atoms with Crippen molar-refractivity contribution in [1.29, 1.82) is 0 Å². The van der Waals surface area contributed by atoms with E-state index in [4.69, 9.17) is 0 Å². The largest absolute Gasteiger partial charge is 0.368 e. The summed E-state index contributed by atoms with van der Waals surface area (Å²) in [6, 6.07) is 15.5. The molecule has 0 aromatic heterocycles. The summed E-state index contributed by atoms with van der Waals surface area (Å²) in [5.41, 5.74) is 4.05. The predicted molar refractivity (Wildman–Crippen MR) is 110 cm³/mol. The molecule has 3 rings (SSSR count). The third kappa shape index (κ3) is 5.29. The summed E-state index contributed by atoms with van der Waals surface area (Å²) in [4.78, 5) is 5.19. The lowest BCUT2D eigenvalue weighted by molar-refractivity contribution is 0.587. The van der Waals surface area contributed by atoms with Crippen LogP contribution in [0.2, 0.25) is 0 Å². The minimum Gasteiger partial charge on any atom is -0.368 e. The first-order chi connectivity index (χ1) is 11.2.